The highest BCUT2D eigenvalue weighted by Crippen LogP contribution is 2.18. The molecule has 1 heterocycles. The van der Waals surface area contributed by atoms with Crippen LogP contribution in [-0.2, 0) is 9.84 Å². The highest BCUT2D eigenvalue weighted by atomic mass is 32.2. The maximum absolute atomic E-state index is 11.3. The zero-order chi connectivity index (χ0) is 13.3. The summed E-state index contributed by atoms with van der Waals surface area (Å²) in [5.41, 5.74) is 5.50. The minimum absolute atomic E-state index is 0.170. The molecule has 1 aromatic heterocycles. The average molecular weight is 267 g/mol. The summed E-state index contributed by atoms with van der Waals surface area (Å²) < 4.78 is 27.2. The summed E-state index contributed by atoms with van der Waals surface area (Å²) in [5, 5.41) is 3.56. The molecule has 7 nitrogen and oxygen atoms in total. The smallest absolute Gasteiger partial charge is 0.316 e. The highest BCUT2D eigenvalue weighted by molar-refractivity contribution is 7.90. The zero-order valence-electron chi connectivity index (χ0n) is 9.32. The molecule has 0 bridgehead atoms. The van der Waals surface area contributed by atoms with Crippen LogP contribution in [0.25, 0.3) is 11.4 Å². The molecule has 0 fully saturated rings. The largest absolute Gasteiger partial charge is 0.361 e. The second-order valence-electron chi connectivity index (χ2n) is 3.58. The lowest BCUT2D eigenvalue weighted by Gasteiger charge is -1.98. The molecule has 0 saturated carbocycles. The van der Waals surface area contributed by atoms with Gasteiger partial charge in [-0.3, -0.25) is 4.79 Å². The number of aromatic nitrogens is 2. The number of carbonyl (C=O) groups excluding carboxylic acids is 1. The van der Waals surface area contributed by atoms with Gasteiger partial charge in [-0.15, -0.1) is 0 Å². The lowest BCUT2D eigenvalue weighted by Crippen LogP contribution is -2.10. The van der Waals surface area contributed by atoms with E-state index in [2.05, 4.69) is 14.7 Å². The van der Waals surface area contributed by atoms with Crippen LogP contribution in [-0.4, -0.2) is 30.7 Å². The maximum Gasteiger partial charge on any atom is 0.316 e. The Bertz CT molecular complexity index is 688. The van der Waals surface area contributed by atoms with E-state index in [1.54, 1.807) is 0 Å². The highest BCUT2D eigenvalue weighted by Gasteiger charge is 2.13. The second kappa shape index (κ2) is 4.22. The van der Waals surface area contributed by atoms with Gasteiger partial charge in [-0.25, -0.2) is 8.42 Å². The van der Waals surface area contributed by atoms with Gasteiger partial charge in [0.2, 0.25) is 5.82 Å². The third-order valence-electron chi connectivity index (χ3n) is 2.18. The summed E-state index contributed by atoms with van der Waals surface area (Å²) in [6.07, 6.45) is 1.11. The van der Waals surface area contributed by atoms with Crippen LogP contribution in [0.1, 0.15) is 10.7 Å². The Kier molecular flexibility index (Phi) is 2.87. The Hall–Kier alpha value is -2.22. The number of hydrogen-bond acceptors (Lipinski definition) is 6. The number of benzene rings is 1. The molecule has 8 heteroatoms. The van der Waals surface area contributed by atoms with E-state index < -0.39 is 15.7 Å². The van der Waals surface area contributed by atoms with Crippen molar-refractivity contribution in [3.63, 3.8) is 0 Å². The van der Waals surface area contributed by atoms with Crippen molar-refractivity contribution in [2.24, 2.45) is 5.73 Å². The van der Waals surface area contributed by atoms with Crippen molar-refractivity contribution in [2.45, 2.75) is 4.90 Å². The summed E-state index contributed by atoms with van der Waals surface area (Å²) in [6.45, 7) is 0. The minimum atomic E-state index is -3.25. The zero-order valence-corrected chi connectivity index (χ0v) is 10.1. The van der Waals surface area contributed by atoms with Crippen molar-refractivity contribution < 1.29 is 17.7 Å². The van der Waals surface area contributed by atoms with E-state index in [1.165, 1.54) is 24.3 Å². The Morgan fingerprint density at radius 3 is 2.33 bits per heavy atom. The molecule has 94 valence electrons. The van der Waals surface area contributed by atoms with E-state index in [0.717, 1.165) is 6.26 Å². The first-order chi connectivity index (χ1) is 8.38. The number of sulfone groups is 1. The molecule has 2 aromatic rings. The second-order valence-corrected chi connectivity index (χ2v) is 5.60. The van der Waals surface area contributed by atoms with E-state index in [-0.39, 0.29) is 16.6 Å². The fourth-order valence-electron chi connectivity index (χ4n) is 1.29. The standard InChI is InChI=1S/C10H9N3O4S/c1-18(15,16)7-4-2-6(3-5-7)9-12-10(8(11)14)17-13-9/h2-5H,1H3,(H2,11,14). The summed E-state index contributed by atoms with van der Waals surface area (Å²) >= 11 is 0. The van der Waals surface area contributed by atoms with E-state index in [4.69, 9.17) is 5.73 Å². The molecule has 1 amide bonds. The van der Waals surface area contributed by atoms with Gasteiger partial charge in [0.15, 0.2) is 9.84 Å². The van der Waals surface area contributed by atoms with Crippen molar-refractivity contribution in [3.05, 3.63) is 30.2 Å². The van der Waals surface area contributed by atoms with Crippen LogP contribution in [0.3, 0.4) is 0 Å². The topological polar surface area (TPSA) is 116 Å². The number of amides is 1. The van der Waals surface area contributed by atoms with Crippen molar-refractivity contribution in [2.75, 3.05) is 6.26 Å². The SMILES string of the molecule is CS(=O)(=O)c1ccc(-c2noc(C(N)=O)n2)cc1. The van der Waals surface area contributed by atoms with Gasteiger partial charge in [-0.2, -0.15) is 4.98 Å². The van der Waals surface area contributed by atoms with Gasteiger partial charge in [-0.05, 0) is 24.3 Å². The first-order valence-electron chi connectivity index (χ1n) is 4.82. The number of hydrogen-bond donors (Lipinski definition) is 1. The van der Waals surface area contributed by atoms with Gasteiger partial charge in [0.1, 0.15) is 0 Å². The third-order valence-corrected chi connectivity index (χ3v) is 3.31. The molecule has 1 aromatic carbocycles. The van der Waals surface area contributed by atoms with Crippen molar-refractivity contribution >= 4 is 15.7 Å². The van der Waals surface area contributed by atoms with Gasteiger partial charge in [0, 0.05) is 11.8 Å². The summed E-state index contributed by atoms with van der Waals surface area (Å²) in [4.78, 5) is 14.7. The van der Waals surface area contributed by atoms with E-state index in [9.17, 15) is 13.2 Å². The van der Waals surface area contributed by atoms with Gasteiger partial charge in [-0.1, -0.05) is 5.16 Å². The van der Waals surface area contributed by atoms with E-state index >= 15 is 0 Å². The molecule has 0 aliphatic rings. The van der Waals surface area contributed by atoms with Crippen LogP contribution in [0.15, 0.2) is 33.7 Å². The molecule has 0 unspecified atom stereocenters. The number of rotatable bonds is 3. The van der Waals surface area contributed by atoms with Crippen molar-refractivity contribution in [1.82, 2.24) is 10.1 Å². The Morgan fingerprint density at radius 1 is 1.28 bits per heavy atom. The van der Waals surface area contributed by atoms with Crippen LogP contribution in [0.4, 0.5) is 0 Å². The molecule has 2 rings (SSSR count). The van der Waals surface area contributed by atoms with Crippen LogP contribution >= 0.6 is 0 Å². The van der Waals surface area contributed by atoms with Crippen LogP contribution in [0, 0.1) is 0 Å². The quantitative estimate of drug-likeness (QED) is 0.851. The molecule has 0 aliphatic heterocycles. The first-order valence-corrected chi connectivity index (χ1v) is 6.71. The molecule has 0 aliphatic carbocycles. The Morgan fingerprint density at radius 2 is 1.89 bits per heavy atom. The molecule has 0 atom stereocenters. The molecule has 2 N–H and O–H groups in total. The molecule has 0 saturated heterocycles. The normalized spacial score (nSPS) is 11.4. The van der Waals surface area contributed by atoms with Gasteiger partial charge < -0.3 is 10.3 Å². The molecule has 0 spiro atoms. The number of nitrogens with zero attached hydrogens (tertiary/aromatic N) is 2. The molecular weight excluding hydrogens is 258 g/mol. The fourth-order valence-corrected chi connectivity index (χ4v) is 1.92. The first kappa shape index (κ1) is 12.2. The fraction of sp³-hybridized carbons (Fsp3) is 0.100. The Balaban J connectivity index is 2.37. The molecular formula is C10H9N3O4S. The monoisotopic (exact) mass is 267 g/mol. The lowest BCUT2D eigenvalue weighted by molar-refractivity contribution is 0.0958. The van der Waals surface area contributed by atoms with E-state index in [0.29, 0.717) is 5.56 Å². The predicted molar refractivity (Wildman–Crippen MR) is 61.4 cm³/mol. The summed E-state index contributed by atoms with van der Waals surface area (Å²) in [5.74, 6) is -0.942. The van der Waals surface area contributed by atoms with Crippen LogP contribution < -0.4 is 5.73 Å². The summed E-state index contributed by atoms with van der Waals surface area (Å²) in [6, 6.07) is 5.88. The molecule has 18 heavy (non-hydrogen) atoms. The average Bonchev–Trinajstić information content (AvgIpc) is 2.77. The summed E-state index contributed by atoms with van der Waals surface area (Å²) in [7, 11) is -3.25. The molecule has 0 radical (unpaired) electrons. The van der Waals surface area contributed by atoms with Gasteiger partial charge in [0.25, 0.3) is 0 Å². The van der Waals surface area contributed by atoms with Gasteiger partial charge >= 0.3 is 11.8 Å². The minimum Gasteiger partial charge on any atom is -0.361 e. The van der Waals surface area contributed by atoms with Crippen molar-refractivity contribution in [1.29, 1.82) is 0 Å². The number of primary amides is 1. The van der Waals surface area contributed by atoms with Gasteiger partial charge in [0.05, 0.1) is 4.90 Å². The van der Waals surface area contributed by atoms with E-state index in [1.807, 2.05) is 0 Å². The number of nitrogens with two attached hydrogens (primary N) is 1. The van der Waals surface area contributed by atoms with Crippen LogP contribution in [0.2, 0.25) is 0 Å². The predicted octanol–water partition coefficient (Wildman–Crippen LogP) is 0.239. The van der Waals surface area contributed by atoms with Crippen LogP contribution in [0.5, 0.6) is 0 Å². The lowest BCUT2D eigenvalue weighted by atomic mass is 10.2. The number of carbonyl (C=O) groups is 1. The van der Waals surface area contributed by atoms with Crippen molar-refractivity contribution in [3.8, 4) is 11.4 Å². The Labute approximate surface area is 103 Å². The maximum atomic E-state index is 11.3. The third kappa shape index (κ3) is 2.38.